The number of aromatic amines is 1. The Morgan fingerprint density at radius 1 is 1.02 bits per heavy atom. The van der Waals surface area contributed by atoms with E-state index in [1.807, 2.05) is 30.3 Å². The first-order valence-electron chi connectivity index (χ1n) is 18.5. The van der Waals surface area contributed by atoms with Gasteiger partial charge in [-0.1, -0.05) is 36.4 Å². The molecule has 0 unspecified atom stereocenters. The van der Waals surface area contributed by atoms with Crippen molar-refractivity contribution in [3.63, 3.8) is 0 Å². The summed E-state index contributed by atoms with van der Waals surface area (Å²) in [5.41, 5.74) is 1.66. The van der Waals surface area contributed by atoms with Crippen LogP contribution in [-0.2, 0) is 33.6 Å². The molecule has 0 aliphatic carbocycles. The number of aromatic nitrogens is 2. The van der Waals surface area contributed by atoms with Gasteiger partial charge in [0.05, 0.1) is 18.6 Å². The number of hydrogen-bond acceptors (Lipinski definition) is 12. The smallest absolute Gasteiger partial charge is 0.330 e. The van der Waals surface area contributed by atoms with Gasteiger partial charge in [0.15, 0.2) is 17.0 Å². The number of aliphatic hydroxyl groups is 5. The van der Waals surface area contributed by atoms with Crippen LogP contribution >= 0.6 is 0 Å². The molecule has 15 nitrogen and oxygen atoms in total. The number of aliphatic hydroxyl groups excluding tert-OH is 5. The average molecular weight is 772 g/mol. The highest BCUT2D eigenvalue weighted by Crippen LogP contribution is 2.59. The summed E-state index contributed by atoms with van der Waals surface area (Å²) in [6.45, 7) is -1.07. The molecule has 1 amide bonds. The molecule has 9 N–H and O–H groups in total. The molecule has 7 rings (SSSR count). The largest absolute Gasteiger partial charge is 0.508 e. The minimum atomic E-state index is -2.02. The molecule has 1 fully saturated rings. The molecule has 4 aromatic rings. The van der Waals surface area contributed by atoms with Gasteiger partial charge in [-0.2, -0.15) is 0 Å². The SMILES string of the molecule is O=C(/C=C/c1ccc(O)c(Cc2cnc[nH]2)c1)N1c2c(cc(O)c3c2CC[C@@]2(O3)O[C@H](CO)[C@@H](O)[C@H](O)[C@H]2O)[C@@H](CCc2ccccc2)[C@]1(CCCO)C(=O)O. The predicted octanol–water partition coefficient (Wildman–Crippen LogP) is 2.28. The molecule has 3 aliphatic rings. The van der Waals surface area contributed by atoms with Crippen LogP contribution in [0.4, 0.5) is 5.69 Å². The number of aryl methyl sites for hydroxylation is 1. The van der Waals surface area contributed by atoms with E-state index in [1.165, 1.54) is 35.5 Å². The normalized spacial score (nSPS) is 26.9. The van der Waals surface area contributed by atoms with Gasteiger partial charge < -0.3 is 55.3 Å². The standard InChI is InChI=1S/C41H45N3O12/c45-16-4-14-40(39(53)54)29(10-7-23-5-2-1-3-6-23)28-19-31(48)37-27(13-15-41(56-37)38(52)36(51)35(50)32(21-46)55-41)34(28)44(40)33(49)12-9-24-8-11-30(47)25(17-24)18-26-20-42-22-43-26/h1-3,5-6,8-9,11-12,17,19-20,22,29,32,35-36,38,45-48,50-52H,4,7,10,13-16,18,21H2,(H,42,43)(H,53,54)/b12-9+/t29-,32-,35-,36+,38-,40-,41+/m1/s1. The molecule has 3 aromatic carbocycles. The minimum absolute atomic E-state index is 0.0289. The van der Waals surface area contributed by atoms with E-state index in [0.717, 1.165) is 11.3 Å². The van der Waals surface area contributed by atoms with Crippen LogP contribution in [0.5, 0.6) is 17.2 Å². The van der Waals surface area contributed by atoms with E-state index in [0.29, 0.717) is 29.5 Å². The second-order valence-electron chi connectivity index (χ2n) is 14.6. The number of ether oxygens (including phenoxy) is 2. The van der Waals surface area contributed by atoms with Crippen molar-refractivity contribution in [1.29, 1.82) is 0 Å². The maximum Gasteiger partial charge on any atom is 0.330 e. The van der Waals surface area contributed by atoms with Crippen LogP contribution in [0, 0.1) is 0 Å². The highest BCUT2D eigenvalue weighted by atomic mass is 16.7. The van der Waals surface area contributed by atoms with Crippen molar-refractivity contribution in [2.24, 2.45) is 0 Å². The van der Waals surface area contributed by atoms with Gasteiger partial charge in [0.1, 0.15) is 30.2 Å². The molecule has 1 spiro atoms. The lowest BCUT2D eigenvalue weighted by Gasteiger charge is -2.50. The molecule has 4 heterocycles. The molecule has 7 atom stereocenters. The fourth-order valence-electron chi connectivity index (χ4n) is 8.55. The van der Waals surface area contributed by atoms with E-state index in [1.54, 1.807) is 18.3 Å². The Kier molecular flexibility index (Phi) is 10.9. The van der Waals surface area contributed by atoms with Crippen molar-refractivity contribution in [3.05, 3.63) is 107 Å². The number of benzene rings is 3. The zero-order valence-corrected chi connectivity index (χ0v) is 30.4. The van der Waals surface area contributed by atoms with Gasteiger partial charge in [0.25, 0.3) is 5.91 Å². The van der Waals surface area contributed by atoms with Gasteiger partial charge in [-0.05, 0) is 73.1 Å². The van der Waals surface area contributed by atoms with Gasteiger partial charge in [-0.3, -0.25) is 9.69 Å². The highest BCUT2D eigenvalue weighted by Gasteiger charge is 2.62. The first-order valence-corrected chi connectivity index (χ1v) is 18.5. The number of phenols is 2. The Bertz CT molecular complexity index is 2090. The third kappa shape index (κ3) is 6.80. The fraction of sp³-hybridized carbons (Fsp3) is 0.390. The summed E-state index contributed by atoms with van der Waals surface area (Å²) in [5.74, 6) is -5.54. The maximum atomic E-state index is 14.8. The zero-order valence-electron chi connectivity index (χ0n) is 30.4. The summed E-state index contributed by atoms with van der Waals surface area (Å²) < 4.78 is 12.1. The number of amides is 1. The van der Waals surface area contributed by atoms with Crippen molar-refractivity contribution in [2.75, 3.05) is 18.1 Å². The second-order valence-corrected chi connectivity index (χ2v) is 14.6. The molecule has 56 heavy (non-hydrogen) atoms. The molecular formula is C41H45N3O12. The number of carboxylic acid groups (broad SMARTS) is 1. The topological polar surface area (TPSA) is 246 Å². The number of nitrogens with one attached hydrogen (secondary N) is 1. The van der Waals surface area contributed by atoms with Crippen LogP contribution in [0.25, 0.3) is 6.08 Å². The van der Waals surface area contributed by atoms with Crippen LogP contribution in [0.1, 0.15) is 65.1 Å². The average Bonchev–Trinajstić information content (AvgIpc) is 3.82. The van der Waals surface area contributed by atoms with Crippen LogP contribution in [0.15, 0.2) is 73.2 Å². The molecular weight excluding hydrogens is 726 g/mol. The van der Waals surface area contributed by atoms with Crippen LogP contribution in [0.3, 0.4) is 0 Å². The van der Waals surface area contributed by atoms with E-state index < -0.39 is 65.9 Å². The number of anilines is 1. The zero-order chi connectivity index (χ0) is 39.8. The summed E-state index contributed by atoms with van der Waals surface area (Å²) in [4.78, 5) is 36.8. The number of imidazole rings is 1. The van der Waals surface area contributed by atoms with Crippen LogP contribution in [0.2, 0.25) is 0 Å². The quantitative estimate of drug-likeness (QED) is 0.0940. The second kappa shape index (κ2) is 15.7. The number of carbonyl (C=O) groups is 2. The summed E-state index contributed by atoms with van der Waals surface area (Å²) in [5, 5.41) is 85.6. The lowest BCUT2D eigenvalue weighted by molar-refractivity contribution is -0.342. The lowest BCUT2D eigenvalue weighted by atomic mass is 9.75. The van der Waals surface area contributed by atoms with E-state index in [-0.39, 0.29) is 61.5 Å². The number of H-pyrrole nitrogens is 1. The Balaban J connectivity index is 1.35. The lowest BCUT2D eigenvalue weighted by Crippen LogP contribution is -2.68. The van der Waals surface area contributed by atoms with Crippen LogP contribution < -0.4 is 9.64 Å². The van der Waals surface area contributed by atoms with Crippen molar-refractivity contribution in [1.82, 2.24) is 9.97 Å². The van der Waals surface area contributed by atoms with E-state index >= 15 is 0 Å². The van der Waals surface area contributed by atoms with Crippen molar-refractivity contribution in [3.8, 4) is 17.2 Å². The van der Waals surface area contributed by atoms with E-state index in [9.17, 15) is 50.4 Å². The first kappa shape index (κ1) is 39.0. The van der Waals surface area contributed by atoms with Crippen LogP contribution in [-0.4, -0.2) is 112 Å². The fourth-order valence-corrected chi connectivity index (χ4v) is 8.55. The van der Waals surface area contributed by atoms with Gasteiger partial charge in [-0.15, -0.1) is 0 Å². The van der Waals surface area contributed by atoms with Crippen molar-refractivity contribution < 1.29 is 59.9 Å². The molecule has 0 bridgehead atoms. The van der Waals surface area contributed by atoms with Gasteiger partial charge in [0.2, 0.25) is 5.79 Å². The molecule has 1 saturated heterocycles. The maximum absolute atomic E-state index is 14.8. The van der Waals surface area contributed by atoms with Crippen molar-refractivity contribution in [2.45, 2.75) is 86.6 Å². The summed E-state index contributed by atoms with van der Waals surface area (Å²) in [6.07, 6.45) is -0.00227. The monoisotopic (exact) mass is 771 g/mol. The molecule has 15 heteroatoms. The number of nitrogens with zero attached hydrogens (tertiary/aromatic N) is 2. The first-order chi connectivity index (χ1) is 26.9. The molecule has 0 saturated carbocycles. The third-order valence-electron chi connectivity index (χ3n) is 11.3. The van der Waals surface area contributed by atoms with Gasteiger partial charge in [-0.25, -0.2) is 9.78 Å². The Morgan fingerprint density at radius 2 is 1.80 bits per heavy atom. The number of carboxylic acids is 1. The summed E-state index contributed by atoms with van der Waals surface area (Å²) >= 11 is 0. The number of fused-ring (bicyclic) bond motifs is 3. The Morgan fingerprint density at radius 3 is 2.50 bits per heavy atom. The van der Waals surface area contributed by atoms with E-state index in [4.69, 9.17) is 9.47 Å². The Hall–Kier alpha value is -5.29. The Labute approximate surface area is 321 Å². The molecule has 0 radical (unpaired) electrons. The summed E-state index contributed by atoms with van der Waals surface area (Å²) in [6, 6.07) is 15.6. The number of carbonyl (C=O) groups excluding carboxylic acids is 1. The minimum Gasteiger partial charge on any atom is -0.508 e. The highest BCUT2D eigenvalue weighted by molar-refractivity contribution is 6.12. The molecule has 296 valence electrons. The number of phenolic OH excluding ortho intramolecular Hbond substituents is 2. The third-order valence-corrected chi connectivity index (χ3v) is 11.3. The van der Waals surface area contributed by atoms with Gasteiger partial charge in [0, 0.05) is 54.5 Å². The number of rotatable bonds is 12. The van der Waals surface area contributed by atoms with Gasteiger partial charge >= 0.3 is 5.97 Å². The number of hydrogen-bond donors (Lipinski definition) is 9. The summed E-state index contributed by atoms with van der Waals surface area (Å²) in [7, 11) is 0. The van der Waals surface area contributed by atoms with Crippen molar-refractivity contribution >= 4 is 23.6 Å². The predicted molar refractivity (Wildman–Crippen MR) is 200 cm³/mol. The number of aromatic hydroxyl groups is 2. The number of aliphatic carboxylic acids is 1. The molecule has 1 aromatic heterocycles. The molecule has 3 aliphatic heterocycles. The van der Waals surface area contributed by atoms with E-state index in [2.05, 4.69) is 9.97 Å².